The smallest absolute Gasteiger partial charge is 0.328 e. The quantitative estimate of drug-likeness (QED) is 0.920. The van der Waals surface area contributed by atoms with Crippen molar-refractivity contribution in [3.8, 4) is 5.75 Å². The van der Waals surface area contributed by atoms with Gasteiger partial charge in [-0.1, -0.05) is 30.3 Å². The molecule has 0 spiro atoms. The lowest BCUT2D eigenvalue weighted by Crippen LogP contribution is -2.13. The molecule has 0 amide bonds. The molecule has 3 rings (SSSR count). The first-order chi connectivity index (χ1) is 10.7. The van der Waals surface area contributed by atoms with E-state index in [0.29, 0.717) is 19.4 Å². The lowest BCUT2D eigenvalue weighted by atomic mass is 10.1. The molecule has 0 aromatic heterocycles. The number of hydrogen-bond acceptors (Lipinski definition) is 3. The lowest BCUT2D eigenvalue weighted by molar-refractivity contribution is -0.138. The van der Waals surface area contributed by atoms with Crippen molar-refractivity contribution >= 4 is 11.7 Å². The van der Waals surface area contributed by atoms with E-state index in [0.717, 1.165) is 22.6 Å². The van der Waals surface area contributed by atoms with Crippen LogP contribution in [0, 0.1) is 0 Å². The van der Waals surface area contributed by atoms with Crippen molar-refractivity contribution in [1.82, 2.24) is 0 Å². The Labute approximate surface area is 129 Å². The van der Waals surface area contributed by atoms with Crippen molar-refractivity contribution in [2.24, 2.45) is 4.99 Å². The van der Waals surface area contributed by atoms with Crippen LogP contribution in [0.25, 0.3) is 0 Å². The SMILES string of the molecule is O=C(O)[C@H]1CCC(c2ccc(OCc3ccccc3)cc2)=N1. The van der Waals surface area contributed by atoms with Crippen LogP contribution in [0.1, 0.15) is 24.0 Å². The summed E-state index contributed by atoms with van der Waals surface area (Å²) in [6.45, 7) is 0.530. The fourth-order valence-electron chi connectivity index (χ4n) is 2.47. The summed E-state index contributed by atoms with van der Waals surface area (Å²) in [5, 5.41) is 8.97. The van der Waals surface area contributed by atoms with Gasteiger partial charge in [-0.3, -0.25) is 4.99 Å². The Hall–Kier alpha value is -2.62. The highest BCUT2D eigenvalue weighted by atomic mass is 16.5. The van der Waals surface area contributed by atoms with Gasteiger partial charge in [0.25, 0.3) is 0 Å². The van der Waals surface area contributed by atoms with Crippen LogP contribution in [0.3, 0.4) is 0 Å². The molecular weight excluding hydrogens is 278 g/mol. The molecule has 4 nitrogen and oxygen atoms in total. The third kappa shape index (κ3) is 3.34. The Morgan fingerprint density at radius 2 is 1.86 bits per heavy atom. The first-order valence-electron chi connectivity index (χ1n) is 7.29. The molecule has 112 valence electrons. The maximum atomic E-state index is 10.9. The van der Waals surface area contributed by atoms with Crippen LogP contribution >= 0.6 is 0 Å². The molecule has 0 bridgehead atoms. The molecule has 4 heteroatoms. The van der Waals surface area contributed by atoms with Crippen LogP contribution in [0.2, 0.25) is 0 Å². The molecule has 1 heterocycles. The number of hydrogen-bond donors (Lipinski definition) is 1. The first kappa shape index (κ1) is 14.3. The van der Waals surface area contributed by atoms with Gasteiger partial charge < -0.3 is 9.84 Å². The van der Waals surface area contributed by atoms with E-state index in [9.17, 15) is 4.79 Å². The van der Waals surface area contributed by atoms with E-state index in [-0.39, 0.29) is 0 Å². The van der Waals surface area contributed by atoms with Crippen molar-refractivity contribution in [3.05, 3.63) is 65.7 Å². The molecule has 0 fully saturated rings. The van der Waals surface area contributed by atoms with E-state index < -0.39 is 12.0 Å². The highest BCUT2D eigenvalue weighted by Crippen LogP contribution is 2.21. The molecule has 0 unspecified atom stereocenters. The molecule has 0 aliphatic carbocycles. The van der Waals surface area contributed by atoms with Crippen molar-refractivity contribution in [1.29, 1.82) is 0 Å². The summed E-state index contributed by atoms with van der Waals surface area (Å²) in [5.41, 5.74) is 2.95. The number of carboxylic acids is 1. The van der Waals surface area contributed by atoms with Crippen LogP contribution < -0.4 is 4.74 Å². The fourth-order valence-corrected chi connectivity index (χ4v) is 2.47. The number of rotatable bonds is 5. The normalized spacial score (nSPS) is 17.1. The van der Waals surface area contributed by atoms with Crippen LogP contribution in [-0.4, -0.2) is 22.8 Å². The second kappa shape index (κ2) is 6.43. The highest BCUT2D eigenvalue weighted by Gasteiger charge is 2.24. The molecule has 0 radical (unpaired) electrons. The van der Waals surface area contributed by atoms with E-state index in [1.165, 1.54) is 0 Å². The molecule has 2 aromatic carbocycles. The summed E-state index contributed by atoms with van der Waals surface area (Å²) in [7, 11) is 0. The third-order valence-electron chi connectivity index (χ3n) is 3.69. The van der Waals surface area contributed by atoms with Gasteiger partial charge >= 0.3 is 5.97 Å². The average Bonchev–Trinajstić information content (AvgIpc) is 3.05. The predicted molar refractivity (Wildman–Crippen MR) is 84.4 cm³/mol. The zero-order valence-electron chi connectivity index (χ0n) is 12.1. The molecule has 22 heavy (non-hydrogen) atoms. The van der Waals surface area contributed by atoms with Crippen LogP contribution in [0.15, 0.2) is 59.6 Å². The molecule has 1 N–H and O–H groups in total. The van der Waals surface area contributed by atoms with E-state index >= 15 is 0 Å². The Bertz CT molecular complexity index is 677. The fraction of sp³-hybridized carbons (Fsp3) is 0.222. The Balaban J connectivity index is 1.63. The molecule has 0 saturated heterocycles. The van der Waals surface area contributed by atoms with Gasteiger partial charge in [-0.2, -0.15) is 0 Å². The maximum absolute atomic E-state index is 10.9. The summed E-state index contributed by atoms with van der Waals surface area (Å²) in [6, 6.07) is 17.1. The molecule has 1 aliphatic rings. The standard InChI is InChI=1S/C18H17NO3/c20-18(21)17-11-10-16(19-17)14-6-8-15(9-7-14)22-12-13-4-2-1-3-5-13/h1-9,17H,10-12H2,(H,20,21)/t17-/m1/s1. The zero-order chi connectivity index (χ0) is 15.4. The average molecular weight is 295 g/mol. The number of aliphatic imine (C=N–C) groups is 1. The summed E-state index contributed by atoms with van der Waals surface area (Å²) in [4.78, 5) is 15.2. The van der Waals surface area contributed by atoms with Gasteiger partial charge in [-0.05, 0) is 48.2 Å². The zero-order valence-corrected chi connectivity index (χ0v) is 12.1. The molecule has 2 aromatic rings. The summed E-state index contributed by atoms with van der Waals surface area (Å²) in [6.07, 6.45) is 1.29. The Morgan fingerprint density at radius 3 is 2.50 bits per heavy atom. The second-order valence-electron chi connectivity index (χ2n) is 5.27. The van der Waals surface area contributed by atoms with Gasteiger partial charge in [0, 0.05) is 5.71 Å². The minimum atomic E-state index is -0.849. The molecule has 1 aliphatic heterocycles. The highest BCUT2D eigenvalue weighted by molar-refractivity contribution is 6.03. The Kier molecular flexibility index (Phi) is 4.19. The van der Waals surface area contributed by atoms with E-state index in [1.807, 2.05) is 54.6 Å². The maximum Gasteiger partial charge on any atom is 0.328 e. The van der Waals surface area contributed by atoms with Gasteiger partial charge in [-0.25, -0.2) is 4.79 Å². The topological polar surface area (TPSA) is 58.9 Å². The van der Waals surface area contributed by atoms with Crippen molar-refractivity contribution in [2.45, 2.75) is 25.5 Å². The van der Waals surface area contributed by atoms with Crippen LogP contribution in [0.4, 0.5) is 0 Å². The largest absolute Gasteiger partial charge is 0.489 e. The number of ether oxygens (including phenoxy) is 1. The Morgan fingerprint density at radius 1 is 1.14 bits per heavy atom. The monoisotopic (exact) mass is 295 g/mol. The summed E-state index contributed by atoms with van der Waals surface area (Å²) >= 11 is 0. The minimum Gasteiger partial charge on any atom is -0.489 e. The van der Waals surface area contributed by atoms with Gasteiger partial charge in [0.2, 0.25) is 0 Å². The van der Waals surface area contributed by atoms with E-state index in [1.54, 1.807) is 0 Å². The number of carboxylic acid groups (broad SMARTS) is 1. The summed E-state index contributed by atoms with van der Waals surface area (Å²) in [5.74, 6) is -0.0567. The van der Waals surface area contributed by atoms with Crippen molar-refractivity contribution < 1.29 is 14.6 Å². The van der Waals surface area contributed by atoms with E-state index in [2.05, 4.69) is 4.99 Å². The van der Waals surface area contributed by atoms with Gasteiger partial charge in [0.05, 0.1) is 0 Å². The molecule has 0 saturated carbocycles. The first-order valence-corrected chi connectivity index (χ1v) is 7.29. The van der Waals surface area contributed by atoms with E-state index in [4.69, 9.17) is 9.84 Å². The number of benzene rings is 2. The van der Waals surface area contributed by atoms with Crippen molar-refractivity contribution in [2.75, 3.05) is 0 Å². The third-order valence-corrected chi connectivity index (χ3v) is 3.69. The van der Waals surface area contributed by atoms with Crippen molar-refractivity contribution in [3.63, 3.8) is 0 Å². The minimum absolute atomic E-state index is 0.530. The number of aliphatic carboxylic acids is 1. The molecule has 1 atom stereocenters. The lowest BCUT2D eigenvalue weighted by Gasteiger charge is -2.07. The van der Waals surface area contributed by atoms with Gasteiger partial charge in [-0.15, -0.1) is 0 Å². The molecular formula is C18H17NO3. The number of nitrogens with zero attached hydrogens (tertiary/aromatic N) is 1. The van der Waals surface area contributed by atoms with Gasteiger partial charge in [0.15, 0.2) is 0 Å². The second-order valence-corrected chi connectivity index (χ2v) is 5.27. The summed E-state index contributed by atoms with van der Waals surface area (Å²) < 4.78 is 5.74. The van der Waals surface area contributed by atoms with Crippen LogP contribution in [-0.2, 0) is 11.4 Å². The predicted octanol–water partition coefficient (Wildman–Crippen LogP) is 3.30. The van der Waals surface area contributed by atoms with Gasteiger partial charge in [0.1, 0.15) is 18.4 Å². The number of carbonyl (C=O) groups is 1. The van der Waals surface area contributed by atoms with Crippen LogP contribution in [0.5, 0.6) is 5.75 Å².